The van der Waals surface area contributed by atoms with Crippen molar-refractivity contribution in [3.8, 4) is 0 Å². The summed E-state index contributed by atoms with van der Waals surface area (Å²) in [4.78, 5) is 12.0. The Morgan fingerprint density at radius 1 is 1.47 bits per heavy atom. The van der Waals surface area contributed by atoms with Gasteiger partial charge in [-0.25, -0.2) is 4.58 Å². The zero-order chi connectivity index (χ0) is 12.3. The lowest BCUT2D eigenvalue weighted by Gasteiger charge is -2.06. The summed E-state index contributed by atoms with van der Waals surface area (Å²) in [5, 5.41) is 0.467. The Labute approximate surface area is 114 Å². The molecule has 0 amide bonds. The fourth-order valence-electron chi connectivity index (χ4n) is 1.83. The summed E-state index contributed by atoms with van der Waals surface area (Å²) in [7, 11) is 2.08. The van der Waals surface area contributed by atoms with E-state index in [0.717, 1.165) is 22.9 Å². The predicted molar refractivity (Wildman–Crippen MR) is 76.2 cm³/mol. The largest absolute Gasteiger partial charge is 0.293 e. The van der Waals surface area contributed by atoms with E-state index in [1.54, 1.807) is 11.8 Å². The molecule has 0 saturated heterocycles. The normalized spacial score (nSPS) is 19.2. The van der Waals surface area contributed by atoms with Crippen molar-refractivity contribution in [2.75, 3.05) is 12.8 Å². The lowest BCUT2D eigenvalue weighted by atomic mass is 10.2. The van der Waals surface area contributed by atoms with Crippen LogP contribution in [0.25, 0.3) is 0 Å². The first-order valence-electron chi connectivity index (χ1n) is 5.62. The minimum Gasteiger partial charge on any atom is -0.293 e. The Morgan fingerprint density at radius 2 is 2.18 bits per heavy atom. The minimum atomic E-state index is 0.211. The van der Waals surface area contributed by atoms with Gasteiger partial charge in [0.25, 0.3) is 0 Å². The minimum absolute atomic E-state index is 0.211. The van der Waals surface area contributed by atoms with Crippen LogP contribution < -0.4 is 0 Å². The monoisotopic (exact) mass is 312 g/mol. The van der Waals surface area contributed by atoms with Gasteiger partial charge in [-0.15, -0.1) is 0 Å². The molecule has 0 fully saturated rings. The van der Waals surface area contributed by atoms with Gasteiger partial charge in [-0.05, 0) is 12.1 Å². The van der Waals surface area contributed by atoms with Crippen LogP contribution in [0.5, 0.6) is 0 Å². The van der Waals surface area contributed by atoms with E-state index in [0.29, 0.717) is 11.1 Å². The quantitative estimate of drug-likeness (QED) is 0.628. The van der Waals surface area contributed by atoms with Crippen LogP contribution in [0.4, 0.5) is 0 Å². The Hall–Kier alpha value is -0.610. The maximum atomic E-state index is 12.0. The molecular weight excluding hydrogens is 298 g/mol. The van der Waals surface area contributed by atoms with Crippen LogP contribution in [-0.2, 0) is 0 Å². The molecule has 0 spiro atoms. The highest BCUT2D eigenvalue weighted by molar-refractivity contribution is 9.10. The van der Waals surface area contributed by atoms with Crippen LogP contribution >= 0.6 is 27.7 Å². The number of carbonyl (C=O) groups excluding carboxylic acids is 1. The third kappa shape index (κ3) is 3.42. The summed E-state index contributed by atoms with van der Waals surface area (Å²) < 4.78 is 3.21. The van der Waals surface area contributed by atoms with Crippen molar-refractivity contribution in [3.63, 3.8) is 0 Å². The molecule has 1 atom stereocenters. The Kier molecular flexibility index (Phi) is 4.40. The predicted octanol–water partition coefficient (Wildman–Crippen LogP) is 3.20. The van der Waals surface area contributed by atoms with E-state index in [2.05, 4.69) is 33.8 Å². The average Bonchev–Trinajstić information content (AvgIpc) is 2.73. The summed E-state index contributed by atoms with van der Waals surface area (Å²) >= 11 is 5.10. The molecule has 1 unspecified atom stereocenters. The molecule has 1 aromatic carbocycles. The molecule has 0 bridgehead atoms. The molecule has 17 heavy (non-hydrogen) atoms. The zero-order valence-electron chi connectivity index (χ0n) is 9.73. The van der Waals surface area contributed by atoms with Gasteiger partial charge in [0.05, 0.1) is 5.75 Å². The molecule has 4 heteroatoms. The number of halogens is 1. The topological polar surface area (TPSA) is 20.1 Å². The molecular formula is C13H15BrNOS+. The number of thioether (sulfide) groups is 1. The van der Waals surface area contributed by atoms with Gasteiger partial charge in [-0.1, -0.05) is 39.8 Å². The van der Waals surface area contributed by atoms with Crippen molar-refractivity contribution < 1.29 is 9.37 Å². The van der Waals surface area contributed by atoms with E-state index in [1.807, 2.05) is 24.3 Å². The SMILES string of the molecule is C[N+]1=CCCC1SCC(=O)c1ccc(Br)cc1. The van der Waals surface area contributed by atoms with Crippen molar-refractivity contribution in [3.05, 3.63) is 34.3 Å². The van der Waals surface area contributed by atoms with Gasteiger partial charge in [-0.3, -0.25) is 4.79 Å². The second kappa shape index (κ2) is 5.83. The van der Waals surface area contributed by atoms with Gasteiger partial charge in [0.1, 0.15) is 13.3 Å². The summed E-state index contributed by atoms with van der Waals surface area (Å²) in [6.45, 7) is 0. The molecule has 1 aliphatic heterocycles. The van der Waals surface area contributed by atoms with E-state index in [1.165, 1.54) is 0 Å². The summed E-state index contributed by atoms with van der Waals surface area (Å²) in [5.41, 5.74) is 0.797. The summed E-state index contributed by atoms with van der Waals surface area (Å²) in [6.07, 6.45) is 4.47. The van der Waals surface area contributed by atoms with Gasteiger partial charge in [0.2, 0.25) is 0 Å². The fourth-order valence-corrected chi connectivity index (χ4v) is 3.23. The van der Waals surface area contributed by atoms with E-state index >= 15 is 0 Å². The van der Waals surface area contributed by atoms with Gasteiger partial charge in [0.15, 0.2) is 11.2 Å². The van der Waals surface area contributed by atoms with Crippen molar-refractivity contribution in [1.29, 1.82) is 0 Å². The molecule has 1 aromatic rings. The van der Waals surface area contributed by atoms with Crippen LogP contribution in [0.15, 0.2) is 28.7 Å². The molecule has 2 rings (SSSR count). The molecule has 0 aliphatic carbocycles. The van der Waals surface area contributed by atoms with Gasteiger partial charge in [-0.2, -0.15) is 0 Å². The number of hydrogen-bond donors (Lipinski definition) is 0. The zero-order valence-corrected chi connectivity index (χ0v) is 12.1. The van der Waals surface area contributed by atoms with E-state index in [-0.39, 0.29) is 5.78 Å². The lowest BCUT2D eigenvalue weighted by molar-refractivity contribution is -0.499. The number of hydrogen-bond acceptors (Lipinski definition) is 2. The van der Waals surface area contributed by atoms with E-state index in [4.69, 9.17) is 0 Å². The summed E-state index contributed by atoms with van der Waals surface area (Å²) in [6, 6.07) is 7.57. The fraction of sp³-hybridized carbons (Fsp3) is 0.385. The molecule has 0 N–H and O–H groups in total. The Balaban J connectivity index is 1.89. The second-order valence-corrected chi connectivity index (χ2v) is 6.20. The molecule has 90 valence electrons. The number of benzene rings is 1. The van der Waals surface area contributed by atoms with Crippen molar-refractivity contribution in [2.24, 2.45) is 0 Å². The highest BCUT2D eigenvalue weighted by Crippen LogP contribution is 2.21. The second-order valence-electron chi connectivity index (χ2n) is 4.12. The Morgan fingerprint density at radius 3 is 2.76 bits per heavy atom. The van der Waals surface area contributed by atoms with Crippen molar-refractivity contribution in [1.82, 2.24) is 0 Å². The molecule has 0 radical (unpaired) electrons. The van der Waals surface area contributed by atoms with Gasteiger partial charge < -0.3 is 0 Å². The molecule has 0 aromatic heterocycles. The molecule has 1 aliphatic rings. The number of carbonyl (C=O) groups is 1. The van der Waals surface area contributed by atoms with Crippen LogP contribution in [0.3, 0.4) is 0 Å². The molecule has 0 saturated carbocycles. The molecule has 1 heterocycles. The highest BCUT2D eigenvalue weighted by atomic mass is 79.9. The van der Waals surface area contributed by atoms with Gasteiger partial charge in [0, 0.05) is 22.9 Å². The number of ketones is 1. The standard InChI is InChI=1S/C13H15BrNOS/c1-15-8-2-3-13(15)17-9-12(16)10-4-6-11(14)7-5-10/h4-8,13H,2-3,9H2,1H3/q+1. The first kappa shape index (κ1) is 12.8. The molecule has 2 nitrogen and oxygen atoms in total. The highest BCUT2D eigenvalue weighted by Gasteiger charge is 2.23. The van der Waals surface area contributed by atoms with Crippen molar-refractivity contribution >= 4 is 39.7 Å². The number of nitrogens with zero attached hydrogens (tertiary/aromatic N) is 1. The van der Waals surface area contributed by atoms with Crippen LogP contribution in [0, 0.1) is 0 Å². The smallest absolute Gasteiger partial charge is 0.199 e. The maximum Gasteiger partial charge on any atom is 0.199 e. The van der Waals surface area contributed by atoms with Crippen molar-refractivity contribution in [2.45, 2.75) is 18.2 Å². The third-order valence-corrected chi connectivity index (χ3v) is 4.77. The van der Waals surface area contributed by atoms with E-state index < -0.39 is 0 Å². The maximum absolute atomic E-state index is 12.0. The third-order valence-electron chi connectivity index (χ3n) is 2.86. The van der Waals surface area contributed by atoms with Crippen LogP contribution in [-0.4, -0.2) is 34.7 Å². The first-order valence-corrected chi connectivity index (χ1v) is 7.46. The number of rotatable bonds is 4. The van der Waals surface area contributed by atoms with Crippen LogP contribution in [0.2, 0.25) is 0 Å². The number of Topliss-reactive ketones (excluding diaryl/α,β-unsaturated/α-hetero) is 1. The average molecular weight is 313 g/mol. The van der Waals surface area contributed by atoms with Crippen LogP contribution in [0.1, 0.15) is 23.2 Å². The van der Waals surface area contributed by atoms with E-state index in [9.17, 15) is 4.79 Å². The Bertz CT molecular complexity index is 441. The summed E-state index contributed by atoms with van der Waals surface area (Å²) in [5.74, 6) is 0.771. The van der Waals surface area contributed by atoms with Gasteiger partial charge >= 0.3 is 0 Å². The lowest BCUT2D eigenvalue weighted by Crippen LogP contribution is -2.16. The first-order chi connectivity index (χ1) is 8.16.